The maximum Gasteiger partial charge on any atom is 0.159 e. The monoisotopic (exact) mass is 290 g/mol. The zero-order valence-electron chi connectivity index (χ0n) is 12.5. The van der Waals surface area contributed by atoms with E-state index in [-0.39, 0.29) is 11.9 Å². The Bertz CT molecular complexity index is 649. The molecule has 0 bridgehead atoms. The van der Waals surface area contributed by atoms with Crippen LogP contribution in [0, 0.1) is 5.82 Å². The van der Waals surface area contributed by atoms with Crippen LogP contribution in [0.4, 0.5) is 4.39 Å². The van der Waals surface area contributed by atoms with E-state index < -0.39 is 0 Å². The lowest BCUT2D eigenvalue weighted by molar-refractivity contribution is 0.240. The van der Waals surface area contributed by atoms with E-state index >= 15 is 0 Å². The van der Waals surface area contributed by atoms with Gasteiger partial charge in [-0.3, -0.25) is 0 Å². The molecule has 6 heteroatoms. The first kappa shape index (κ1) is 14.0. The zero-order valence-corrected chi connectivity index (χ0v) is 12.5. The predicted octanol–water partition coefficient (Wildman–Crippen LogP) is 3.03. The summed E-state index contributed by atoms with van der Waals surface area (Å²) >= 11 is 0. The minimum Gasteiger partial charge on any atom is -0.489 e. The summed E-state index contributed by atoms with van der Waals surface area (Å²) in [4.78, 5) is 0. The maximum atomic E-state index is 14.1. The summed E-state index contributed by atoms with van der Waals surface area (Å²) in [7, 11) is 0. The van der Waals surface area contributed by atoms with Crippen molar-refractivity contribution in [3.05, 3.63) is 29.3 Å². The Balaban J connectivity index is 2.11. The molecule has 0 aliphatic heterocycles. The SMILES string of the molecule is CCc1cc(-n2nnnc2C2CC2)c(OC(C)C)cc1F. The first-order chi connectivity index (χ1) is 10.1. The Morgan fingerprint density at radius 1 is 1.38 bits per heavy atom. The second-order valence-electron chi connectivity index (χ2n) is 5.65. The lowest BCUT2D eigenvalue weighted by Crippen LogP contribution is -2.12. The predicted molar refractivity (Wildman–Crippen MR) is 76.2 cm³/mol. The van der Waals surface area contributed by atoms with Gasteiger partial charge in [0.25, 0.3) is 0 Å². The van der Waals surface area contributed by atoms with E-state index in [9.17, 15) is 4.39 Å². The molecular weight excluding hydrogens is 271 g/mol. The van der Waals surface area contributed by atoms with Gasteiger partial charge in [-0.1, -0.05) is 6.92 Å². The van der Waals surface area contributed by atoms with Gasteiger partial charge in [0, 0.05) is 12.0 Å². The largest absolute Gasteiger partial charge is 0.489 e. The van der Waals surface area contributed by atoms with Crippen LogP contribution in [0.15, 0.2) is 12.1 Å². The molecule has 112 valence electrons. The Morgan fingerprint density at radius 2 is 2.14 bits per heavy atom. The molecule has 2 aromatic rings. The molecule has 0 saturated heterocycles. The zero-order chi connectivity index (χ0) is 15.0. The number of tetrazole rings is 1. The van der Waals surface area contributed by atoms with Crippen molar-refractivity contribution in [1.82, 2.24) is 20.2 Å². The van der Waals surface area contributed by atoms with Crippen molar-refractivity contribution in [1.29, 1.82) is 0 Å². The second kappa shape index (κ2) is 5.42. The van der Waals surface area contributed by atoms with E-state index in [1.165, 1.54) is 6.07 Å². The highest BCUT2D eigenvalue weighted by Crippen LogP contribution is 2.40. The number of aromatic nitrogens is 4. The summed E-state index contributed by atoms with van der Waals surface area (Å²) in [6, 6.07) is 3.22. The van der Waals surface area contributed by atoms with E-state index in [0.717, 1.165) is 18.7 Å². The molecular formula is C15H19FN4O. The third-order valence-corrected chi connectivity index (χ3v) is 3.54. The molecule has 0 atom stereocenters. The van der Waals surface area contributed by atoms with Crippen LogP contribution in [0.2, 0.25) is 0 Å². The van der Waals surface area contributed by atoms with Crippen molar-refractivity contribution in [3.63, 3.8) is 0 Å². The van der Waals surface area contributed by atoms with Gasteiger partial charge < -0.3 is 4.74 Å². The van der Waals surface area contributed by atoms with Gasteiger partial charge in [0.15, 0.2) is 5.82 Å². The van der Waals surface area contributed by atoms with Crippen molar-refractivity contribution in [3.8, 4) is 11.4 Å². The summed E-state index contributed by atoms with van der Waals surface area (Å²) in [5, 5.41) is 12.0. The van der Waals surface area contributed by atoms with Gasteiger partial charge in [-0.2, -0.15) is 4.68 Å². The fourth-order valence-electron chi connectivity index (χ4n) is 2.33. The number of benzene rings is 1. The highest BCUT2D eigenvalue weighted by atomic mass is 19.1. The average Bonchev–Trinajstić information content (AvgIpc) is 3.17. The molecule has 1 saturated carbocycles. The molecule has 0 unspecified atom stereocenters. The van der Waals surface area contributed by atoms with Crippen LogP contribution < -0.4 is 4.74 Å². The van der Waals surface area contributed by atoms with Crippen LogP contribution in [-0.2, 0) is 6.42 Å². The first-order valence-corrected chi connectivity index (χ1v) is 7.37. The fourth-order valence-corrected chi connectivity index (χ4v) is 2.33. The number of halogens is 1. The Kier molecular flexibility index (Phi) is 3.61. The molecule has 0 spiro atoms. The lowest BCUT2D eigenvalue weighted by Gasteiger charge is -2.16. The van der Waals surface area contributed by atoms with Crippen molar-refractivity contribution in [2.45, 2.75) is 52.1 Å². The Labute approximate surface area is 123 Å². The van der Waals surface area contributed by atoms with Crippen LogP contribution in [0.5, 0.6) is 5.75 Å². The molecule has 21 heavy (non-hydrogen) atoms. The number of ether oxygens (including phenoxy) is 1. The Morgan fingerprint density at radius 3 is 2.76 bits per heavy atom. The average molecular weight is 290 g/mol. The molecule has 1 aliphatic rings. The van der Waals surface area contributed by atoms with Crippen molar-refractivity contribution in [2.24, 2.45) is 0 Å². The van der Waals surface area contributed by atoms with Gasteiger partial charge in [0.2, 0.25) is 0 Å². The van der Waals surface area contributed by atoms with Gasteiger partial charge in [-0.15, -0.1) is 5.10 Å². The molecule has 3 rings (SSSR count). The molecule has 1 aliphatic carbocycles. The number of aryl methyl sites for hydroxylation is 1. The number of hydrogen-bond acceptors (Lipinski definition) is 4. The van der Waals surface area contributed by atoms with Gasteiger partial charge in [-0.05, 0) is 55.2 Å². The molecule has 0 radical (unpaired) electrons. The number of hydrogen-bond donors (Lipinski definition) is 0. The fraction of sp³-hybridized carbons (Fsp3) is 0.533. The van der Waals surface area contributed by atoms with E-state index in [2.05, 4.69) is 15.5 Å². The van der Waals surface area contributed by atoms with Gasteiger partial charge in [0.05, 0.1) is 6.10 Å². The van der Waals surface area contributed by atoms with Gasteiger partial charge in [0.1, 0.15) is 17.3 Å². The number of rotatable bonds is 5. The smallest absolute Gasteiger partial charge is 0.159 e. The summed E-state index contributed by atoms with van der Waals surface area (Å²) in [5.74, 6) is 1.46. The molecule has 1 aromatic heterocycles. The first-order valence-electron chi connectivity index (χ1n) is 7.37. The topological polar surface area (TPSA) is 52.8 Å². The summed E-state index contributed by atoms with van der Waals surface area (Å²) < 4.78 is 21.5. The standard InChI is InChI=1S/C15H19FN4O/c1-4-10-7-13(14(8-12(10)16)21-9(2)3)20-15(11-5-6-11)17-18-19-20/h7-9,11H,4-6H2,1-3H3. The highest BCUT2D eigenvalue weighted by molar-refractivity contribution is 5.50. The van der Waals surface area contributed by atoms with Crippen molar-refractivity contribution < 1.29 is 9.13 Å². The molecule has 0 N–H and O–H groups in total. The third-order valence-electron chi connectivity index (χ3n) is 3.54. The normalized spacial score (nSPS) is 14.7. The molecule has 1 fully saturated rings. The van der Waals surface area contributed by atoms with Crippen LogP contribution in [-0.4, -0.2) is 26.3 Å². The van der Waals surface area contributed by atoms with Crippen molar-refractivity contribution >= 4 is 0 Å². The number of nitrogens with zero attached hydrogens (tertiary/aromatic N) is 4. The second-order valence-corrected chi connectivity index (χ2v) is 5.65. The third kappa shape index (κ3) is 2.75. The Hall–Kier alpha value is -1.98. The summed E-state index contributed by atoms with van der Waals surface area (Å²) in [6.07, 6.45) is 2.77. The molecule has 5 nitrogen and oxygen atoms in total. The molecule has 1 aromatic carbocycles. The highest BCUT2D eigenvalue weighted by Gasteiger charge is 2.31. The molecule has 0 amide bonds. The van der Waals surface area contributed by atoms with Crippen molar-refractivity contribution in [2.75, 3.05) is 0 Å². The van der Waals surface area contributed by atoms with Crippen LogP contribution in [0.25, 0.3) is 5.69 Å². The van der Waals surface area contributed by atoms with E-state index in [1.54, 1.807) is 10.7 Å². The lowest BCUT2D eigenvalue weighted by atomic mass is 10.1. The van der Waals surface area contributed by atoms with Gasteiger partial charge >= 0.3 is 0 Å². The van der Waals surface area contributed by atoms with E-state index in [4.69, 9.17) is 4.74 Å². The van der Waals surface area contributed by atoms with E-state index in [1.807, 2.05) is 20.8 Å². The molecule has 1 heterocycles. The maximum absolute atomic E-state index is 14.1. The summed E-state index contributed by atoms with van der Waals surface area (Å²) in [6.45, 7) is 5.75. The van der Waals surface area contributed by atoms with Crippen LogP contribution in [0.3, 0.4) is 0 Å². The quantitative estimate of drug-likeness (QED) is 0.849. The van der Waals surface area contributed by atoms with Crippen LogP contribution in [0.1, 0.15) is 50.9 Å². The minimum absolute atomic E-state index is 0.0449. The van der Waals surface area contributed by atoms with E-state index in [0.29, 0.717) is 29.3 Å². The summed E-state index contributed by atoms with van der Waals surface area (Å²) in [5.41, 5.74) is 1.35. The van der Waals surface area contributed by atoms with Gasteiger partial charge in [-0.25, -0.2) is 4.39 Å². The van der Waals surface area contributed by atoms with Crippen LogP contribution >= 0.6 is 0 Å². The minimum atomic E-state index is -0.252.